The van der Waals surface area contributed by atoms with Crippen LogP contribution in [0.2, 0.25) is 0 Å². The number of morpholine rings is 1. The number of rotatable bonds is 7. The number of hydrogen-bond donors (Lipinski definition) is 1. The molecule has 3 heterocycles. The molecule has 2 aliphatic rings. The molecule has 1 amide bonds. The summed E-state index contributed by atoms with van der Waals surface area (Å²) < 4.78 is 32.9. The van der Waals surface area contributed by atoms with Gasteiger partial charge in [-0.05, 0) is 31.0 Å². The molecule has 1 aromatic carbocycles. The van der Waals surface area contributed by atoms with Crippen molar-refractivity contribution >= 4 is 49.8 Å². The van der Waals surface area contributed by atoms with Crippen molar-refractivity contribution in [2.24, 2.45) is 0 Å². The van der Waals surface area contributed by atoms with Crippen LogP contribution in [0.1, 0.15) is 12.8 Å². The number of anilines is 2. The summed E-state index contributed by atoms with van der Waals surface area (Å²) in [5.74, 6) is -0.0558. The lowest BCUT2D eigenvalue weighted by molar-refractivity contribution is -0.113. The van der Waals surface area contributed by atoms with Crippen molar-refractivity contribution in [3.63, 3.8) is 0 Å². The molecule has 0 spiro atoms. The predicted octanol–water partition coefficient (Wildman–Crippen LogP) is 1.89. The molecule has 9 nitrogen and oxygen atoms in total. The Hall–Kier alpha value is -1.73. The Morgan fingerprint density at radius 3 is 2.70 bits per heavy atom. The van der Waals surface area contributed by atoms with Crippen LogP contribution < -0.4 is 10.2 Å². The first-order valence-corrected chi connectivity index (χ1v) is 13.0. The molecule has 12 heteroatoms. The number of carbonyl (C=O) groups is 1. The zero-order valence-corrected chi connectivity index (χ0v) is 18.8. The van der Waals surface area contributed by atoms with E-state index in [-0.39, 0.29) is 16.6 Å². The number of thioether (sulfide) groups is 1. The molecule has 2 saturated heterocycles. The molecule has 2 aromatic rings. The second-order valence-corrected chi connectivity index (χ2v) is 11.0. The lowest BCUT2D eigenvalue weighted by atomic mass is 10.3. The molecule has 0 unspecified atom stereocenters. The maximum atomic E-state index is 12.7. The monoisotopic (exact) mass is 469 g/mol. The molecule has 2 fully saturated rings. The smallest absolute Gasteiger partial charge is 0.243 e. The van der Waals surface area contributed by atoms with Gasteiger partial charge in [-0.3, -0.25) is 4.79 Å². The third kappa shape index (κ3) is 5.11. The fourth-order valence-electron chi connectivity index (χ4n) is 3.28. The van der Waals surface area contributed by atoms with E-state index < -0.39 is 10.0 Å². The van der Waals surface area contributed by atoms with E-state index in [2.05, 4.69) is 20.4 Å². The van der Waals surface area contributed by atoms with Gasteiger partial charge in [-0.15, -0.1) is 10.2 Å². The van der Waals surface area contributed by atoms with Gasteiger partial charge in [0, 0.05) is 31.9 Å². The minimum absolute atomic E-state index is 0.168. The van der Waals surface area contributed by atoms with Gasteiger partial charge in [-0.2, -0.15) is 4.31 Å². The summed E-state index contributed by atoms with van der Waals surface area (Å²) in [7, 11) is -3.51. The van der Waals surface area contributed by atoms with Crippen molar-refractivity contribution in [2.45, 2.75) is 22.1 Å². The van der Waals surface area contributed by atoms with Gasteiger partial charge < -0.3 is 15.0 Å². The van der Waals surface area contributed by atoms with Crippen molar-refractivity contribution < 1.29 is 17.9 Å². The molecule has 1 N–H and O–H groups in total. The van der Waals surface area contributed by atoms with E-state index >= 15 is 0 Å². The molecule has 0 atom stereocenters. The molecule has 0 saturated carbocycles. The second-order valence-electron chi connectivity index (χ2n) is 6.93. The summed E-state index contributed by atoms with van der Waals surface area (Å²) in [6, 6.07) is 6.41. The highest BCUT2D eigenvalue weighted by Crippen LogP contribution is 2.29. The van der Waals surface area contributed by atoms with Gasteiger partial charge in [0.2, 0.25) is 21.1 Å². The summed E-state index contributed by atoms with van der Waals surface area (Å²) in [6.07, 6.45) is 1.76. The molecule has 30 heavy (non-hydrogen) atoms. The number of nitrogens with zero attached hydrogens (tertiary/aromatic N) is 4. The van der Waals surface area contributed by atoms with Gasteiger partial charge in [0.1, 0.15) is 0 Å². The Bertz CT molecular complexity index is 985. The average Bonchev–Trinajstić information content (AvgIpc) is 3.46. The summed E-state index contributed by atoms with van der Waals surface area (Å²) >= 11 is 2.77. The second kappa shape index (κ2) is 9.60. The van der Waals surface area contributed by atoms with Gasteiger partial charge in [-0.1, -0.05) is 29.2 Å². The molecule has 4 rings (SSSR count). The quantitative estimate of drug-likeness (QED) is 0.613. The molecule has 0 bridgehead atoms. The average molecular weight is 470 g/mol. The van der Waals surface area contributed by atoms with E-state index in [9.17, 15) is 13.2 Å². The Morgan fingerprint density at radius 2 is 1.93 bits per heavy atom. The van der Waals surface area contributed by atoms with Crippen LogP contribution in [0.5, 0.6) is 0 Å². The predicted molar refractivity (Wildman–Crippen MR) is 117 cm³/mol. The third-order valence-electron chi connectivity index (χ3n) is 4.82. The Balaban J connectivity index is 1.33. The van der Waals surface area contributed by atoms with Gasteiger partial charge in [0.25, 0.3) is 0 Å². The third-order valence-corrected chi connectivity index (χ3v) is 8.84. The molecule has 1 aromatic heterocycles. The number of aromatic nitrogens is 2. The summed E-state index contributed by atoms with van der Waals surface area (Å²) in [5, 5.41) is 11.9. The van der Waals surface area contributed by atoms with Crippen LogP contribution in [0, 0.1) is 0 Å². The minimum atomic E-state index is -3.51. The molecule has 0 radical (unpaired) electrons. The van der Waals surface area contributed by atoms with Crippen LogP contribution in [-0.4, -0.2) is 74.0 Å². The van der Waals surface area contributed by atoms with E-state index in [1.807, 2.05) is 0 Å². The highest BCUT2D eigenvalue weighted by molar-refractivity contribution is 8.01. The van der Waals surface area contributed by atoms with Gasteiger partial charge in [-0.25, -0.2) is 8.42 Å². The summed E-state index contributed by atoms with van der Waals surface area (Å²) in [4.78, 5) is 14.7. The Kier molecular flexibility index (Phi) is 6.88. The number of amides is 1. The van der Waals surface area contributed by atoms with Crippen LogP contribution in [0.3, 0.4) is 0 Å². The van der Waals surface area contributed by atoms with Crippen molar-refractivity contribution in [2.75, 3.05) is 55.4 Å². The molecule has 2 aliphatic heterocycles. The van der Waals surface area contributed by atoms with Gasteiger partial charge in [0.05, 0.1) is 23.9 Å². The van der Waals surface area contributed by atoms with Gasteiger partial charge >= 0.3 is 0 Å². The maximum absolute atomic E-state index is 12.7. The topological polar surface area (TPSA) is 105 Å². The Morgan fingerprint density at radius 1 is 1.17 bits per heavy atom. The number of benzene rings is 1. The molecular formula is C18H23N5O4S3. The lowest BCUT2D eigenvalue weighted by Gasteiger charge is -2.25. The van der Waals surface area contributed by atoms with Crippen LogP contribution in [0.25, 0.3) is 0 Å². The first-order chi connectivity index (χ1) is 14.5. The highest BCUT2D eigenvalue weighted by atomic mass is 32.2. The SMILES string of the molecule is O=C(CSc1nnc(N2CCOCC2)s1)Nc1cccc(S(=O)(=O)N2CCCC2)c1. The largest absolute Gasteiger partial charge is 0.378 e. The van der Waals surface area contributed by atoms with Crippen LogP contribution in [0.15, 0.2) is 33.5 Å². The maximum Gasteiger partial charge on any atom is 0.243 e. The first kappa shape index (κ1) is 21.5. The number of sulfonamides is 1. The Labute approximate surface area is 183 Å². The summed E-state index contributed by atoms with van der Waals surface area (Å²) in [6.45, 7) is 4.02. The van der Waals surface area contributed by atoms with E-state index in [1.54, 1.807) is 18.2 Å². The highest BCUT2D eigenvalue weighted by Gasteiger charge is 2.27. The van der Waals surface area contributed by atoms with Crippen molar-refractivity contribution in [1.29, 1.82) is 0 Å². The molecular weight excluding hydrogens is 446 g/mol. The zero-order valence-electron chi connectivity index (χ0n) is 16.3. The standard InChI is InChI=1S/C18H23N5O4S3/c24-16(13-28-18-21-20-17(29-18)22-8-10-27-11-9-22)19-14-4-3-5-15(12-14)30(25,26)23-6-1-2-7-23/h3-5,12H,1-2,6-11,13H2,(H,19,24). The normalized spacial score (nSPS) is 17.9. The van der Waals surface area contributed by atoms with E-state index in [0.29, 0.717) is 32.0 Å². The van der Waals surface area contributed by atoms with Crippen molar-refractivity contribution in [3.8, 4) is 0 Å². The summed E-state index contributed by atoms with van der Waals surface area (Å²) in [5.41, 5.74) is 0.465. The zero-order chi connectivity index (χ0) is 21.0. The first-order valence-electron chi connectivity index (χ1n) is 9.71. The lowest BCUT2D eigenvalue weighted by Crippen LogP contribution is -2.36. The van der Waals surface area contributed by atoms with Crippen molar-refractivity contribution in [1.82, 2.24) is 14.5 Å². The molecule has 0 aliphatic carbocycles. The van der Waals surface area contributed by atoms with Gasteiger partial charge in [0.15, 0.2) is 4.34 Å². The van der Waals surface area contributed by atoms with E-state index in [1.165, 1.54) is 33.5 Å². The number of hydrogen-bond acceptors (Lipinski definition) is 9. The molecule has 162 valence electrons. The van der Waals surface area contributed by atoms with E-state index in [0.717, 1.165) is 35.4 Å². The number of carbonyl (C=O) groups excluding carboxylic acids is 1. The number of ether oxygens (including phenoxy) is 1. The van der Waals surface area contributed by atoms with Crippen LogP contribution in [-0.2, 0) is 19.6 Å². The van der Waals surface area contributed by atoms with Crippen molar-refractivity contribution in [3.05, 3.63) is 24.3 Å². The number of nitrogens with one attached hydrogen (secondary N) is 1. The van der Waals surface area contributed by atoms with E-state index in [4.69, 9.17) is 4.74 Å². The van der Waals surface area contributed by atoms with Crippen LogP contribution in [0.4, 0.5) is 10.8 Å². The minimum Gasteiger partial charge on any atom is -0.378 e. The fourth-order valence-corrected chi connectivity index (χ4v) is 6.54. The van der Waals surface area contributed by atoms with Crippen LogP contribution >= 0.6 is 23.1 Å². The fraction of sp³-hybridized carbons (Fsp3) is 0.500.